The maximum absolute atomic E-state index is 12.4. The van der Waals surface area contributed by atoms with Gasteiger partial charge in [0.05, 0.1) is 13.7 Å². The van der Waals surface area contributed by atoms with Crippen LogP contribution in [0, 0.1) is 0 Å². The fraction of sp³-hybridized carbons (Fsp3) is 0.400. The molecule has 0 saturated heterocycles. The highest BCUT2D eigenvalue weighted by Crippen LogP contribution is 2.44. The molecule has 3 rings (SSSR count). The summed E-state index contributed by atoms with van der Waals surface area (Å²) in [6.07, 6.45) is -0.667. The first-order valence-electron chi connectivity index (χ1n) is 10.8. The number of nitrogens with one attached hydrogen (secondary N) is 2. The van der Waals surface area contributed by atoms with Crippen LogP contribution in [0.4, 0.5) is 4.79 Å². The Morgan fingerprint density at radius 3 is 2.09 bits per heavy atom. The Bertz CT molecular complexity index is 968. The Kier molecular flexibility index (Phi) is 7.71. The molecule has 0 radical (unpaired) electrons. The largest absolute Gasteiger partial charge is 0.468 e. The lowest BCUT2D eigenvalue weighted by Crippen LogP contribution is -2.49. The van der Waals surface area contributed by atoms with E-state index < -0.39 is 29.7 Å². The third-order valence-corrected chi connectivity index (χ3v) is 5.20. The number of benzene rings is 2. The fourth-order valence-corrected chi connectivity index (χ4v) is 3.75. The van der Waals surface area contributed by atoms with Gasteiger partial charge in [0.15, 0.2) is 0 Å². The van der Waals surface area contributed by atoms with Crippen LogP contribution in [0.25, 0.3) is 11.1 Å². The van der Waals surface area contributed by atoms with Gasteiger partial charge in [-0.15, -0.1) is 0 Å². The zero-order chi connectivity index (χ0) is 24.0. The summed E-state index contributed by atoms with van der Waals surface area (Å²) in [6.45, 7) is 5.08. The number of ether oxygens (including phenoxy) is 3. The lowest BCUT2D eigenvalue weighted by molar-refractivity contribution is -0.145. The van der Waals surface area contributed by atoms with Crippen LogP contribution in [-0.2, 0) is 23.8 Å². The summed E-state index contributed by atoms with van der Waals surface area (Å²) < 4.78 is 15.4. The van der Waals surface area contributed by atoms with E-state index in [1.54, 1.807) is 20.8 Å². The average Bonchev–Trinajstić information content (AvgIpc) is 3.10. The van der Waals surface area contributed by atoms with E-state index in [9.17, 15) is 14.4 Å². The molecule has 1 unspecified atom stereocenters. The molecule has 2 aromatic rings. The molecule has 33 heavy (non-hydrogen) atoms. The third kappa shape index (κ3) is 6.32. The van der Waals surface area contributed by atoms with E-state index in [0.29, 0.717) is 0 Å². The van der Waals surface area contributed by atoms with Crippen molar-refractivity contribution < 1.29 is 28.6 Å². The number of carbonyl (C=O) groups is 3. The van der Waals surface area contributed by atoms with Gasteiger partial charge in [0, 0.05) is 12.5 Å². The maximum atomic E-state index is 12.4. The van der Waals surface area contributed by atoms with Gasteiger partial charge in [0.25, 0.3) is 0 Å². The predicted molar refractivity (Wildman–Crippen MR) is 123 cm³/mol. The summed E-state index contributed by atoms with van der Waals surface area (Å²) in [5, 5.41) is 5.28. The second-order valence-corrected chi connectivity index (χ2v) is 8.75. The molecule has 1 amide bonds. The van der Waals surface area contributed by atoms with Gasteiger partial charge in [0.1, 0.15) is 18.2 Å². The molecule has 0 saturated carbocycles. The molecule has 2 N–H and O–H groups in total. The number of rotatable bonds is 8. The van der Waals surface area contributed by atoms with Crippen LogP contribution in [0.2, 0.25) is 0 Å². The van der Waals surface area contributed by atoms with Crippen molar-refractivity contribution in [1.82, 2.24) is 10.6 Å². The van der Waals surface area contributed by atoms with Gasteiger partial charge in [-0.25, -0.2) is 4.79 Å². The van der Waals surface area contributed by atoms with Crippen LogP contribution in [0.1, 0.15) is 37.8 Å². The number of carbonyl (C=O) groups excluding carboxylic acids is 3. The highest BCUT2D eigenvalue weighted by Gasteiger charge is 2.29. The molecule has 8 nitrogen and oxygen atoms in total. The molecule has 0 fully saturated rings. The normalized spacial score (nSPS) is 13.5. The molecule has 8 heteroatoms. The number of alkyl carbamates (subject to hydrolysis) is 1. The van der Waals surface area contributed by atoms with Crippen LogP contribution < -0.4 is 10.6 Å². The Morgan fingerprint density at radius 2 is 1.55 bits per heavy atom. The summed E-state index contributed by atoms with van der Waals surface area (Å²) in [4.78, 5) is 36.3. The highest BCUT2D eigenvalue weighted by atomic mass is 16.6. The summed E-state index contributed by atoms with van der Waals surface area (Å²) in [6, 6.07) is 15.2. The topological polar surface area (TPSA) is 103 Å². The van der Waals surface area contributed by atoms with E-state index in [4.69, 9.17) is 14.2 Å². The molecule has 0 aliphatic heterocycles. The van der Waals surface area contributed by atoms with Crippen molar-refractivity contribution in [3.8, 4) is 11.1 Å². The first-order chi connectivity index (χ1) is 15.7. The van der Waals surface area contributed by atoms with Crippen molar-refractivity contribution in [3.63, 3.8) is 0 Å². The molecule has 2 aromatic carbocycles. The van der Waals surface area contributed by atoms with Gasteiger partial charge in [-0.05, 0) is 43.0 Å². The minimum Gasteiger partial charge on any atom is -0.468 e. The Labute approximate surface area is 193 Å². The number of fused-ring (bicyclic) bond motifs is 3. The number of methoxy groups -OCH3 is 1. The maximum Gasteiger partial charge on any atom is 0.407 e. The van der Waals surface area contributed by atoms with Gasteiger partial charge in [-0.1, -0.05) is 48.5 Å². The molecule has 0 aromatic heterocycles. The van der Waals surface area contributed by atoms with Crippen molar-refractivity contribution in [2.45, 2.75) is 38.3 Å². The molecule has 0 bridgehead atoms. The first-order valence-corrected chi connectivity index (χ1v) is 10.8. The van der Waals surface area contributed by atoms with Crippen molar-refractivity contribution in [3.05, 3.63) is 59.7 Å². The van der Waals surface area contributed by atoms with E-state index in [1.807, 2.05) is 36.4 Å². The molecule has 0 spiro atoms. The molecular formula is C25H30N2O6. The molecular weight excluding hydrogens is 424 g/mol. The lowest BCUT2D eigenvalue weighted by atomic mass is 9.98. The molecule has 1 aliphatic carbocycles. The van der Waals surface area contributed by atoms with E-state index in [0.717, 1.165) is 22.3 Å². The van der Waals surface area contributed by atoms with Crippen LogP contribution in [-0.4, -0.2) is 56.5 Å². The first kappa shape index (κ1) is 24.3. The average molecular weight is 455 g/mol. The minimum atomic E-state index is -0.928. The van der Waals surface area contributed by atoms with E-state index in [2.05, 4.69) is 22.8 Å². The van der Waals surface area contributed by atoms with Crippen LogP contribution >= 0.6 is 0 Å². The van der Waals surface area contributed by atoms with Crippen molar-refractivity contribution >= 4 is 18.0 Å². The number of esters is 2. The number of hydrogen-bond acceptors (Lipinski definition) is 7. The summed E-state index contributed by atoms with van der Waals surface area (Å²) in [7, 11) is 1.23. The van der Waals surface area contributed by atoms with E-state index in [1.165, 1.54) is 7.11 Å². The van der Waals surface area contributed by atoms with Crippen LogP contribution in [0.5, 0.6) is 0 Å². The van der Waals surface area contributed by atoms with Gasteiger partial charge in [-0.3, -0.25) is 14.9 Å². The Hall–Kier alpha value is -3.39. The van der Waals surface area contributed by atoms with E-state index >= 15 is 0 Å². The van der Waals surface area contributed by atoms with Crippen molar-refractivity contribution in [2.24, 2.45) is 0 Å². The Morgan fingerprint density at radius 1 is 0.970 bits per heavy atom. The van der Waals surface area contributed by atoms with Gasteiger partial charge in [-0.2, -0.15) is 0 Å². The number of hydrogen-bond donors (Lipinski definition) is 2. The second-order valence-electron chi connectivity index (χ2n) is 8.75. The summed E-state index contributed by atoms with van der Waals surface area (Å²) in [5.41, 5.74) is 3.86. The summed E-state index contributed by atoms with van der Waals surface area (Å²) in [5.74, 6) is -1.17. The van der Waals surface area contributed by atoms with E-state index in [-0.39, 0.29) is 25.6 Å². The van der Waals surface area contributed by atoms with Crippen LogP contribution in [0.15, 0.2) is 48.5 Å². The smallest absolute Gasteiger partial charge is 0.407 e. The third-order valence-electron chi connectivity index (χ3n) is 5.20. The van der Waals surface area contributed by atoms with Crippen molar-refractivity contribution in [2.75, 3.05) is 26.8 Å². The van der Waals surface area contributed by atoms with Gasteiger partial charge < -0.3 is 19.5 Å². The zero-order valence-electron chi connectivity index (χ0n) is 19.3. The fourth-order valence-electron chi connectivity index (χ4n) is 3.75. The Balaban J connectivity index is 1.54. The highest BCUT2D eigenvalue weighted by molar-refractivity contribution is 5.80. The standard InChI is InChI=1S/C25H30N2O6/c1-25(2,3)33-24(30)27-13-21(23(29)31-4)26-14-22(28)32-15-20-18-11-7-5-9-16(18)17-10-6-8-12-19(17)20/h5-12,20-21,26H,13-15H2,1-4H3,(H,27,30). The number of amides is 1. The monoisotopic (exact) mass is 454 g/mol. The molecule has 1 aliphatic rings. The quantitative estimate of drug-likeness (QED) is 0.467. The van der Waals surface area contributed by atoms with Gasteiger partial charge >= 0.3 is 18.0 Å². The molecule has 1 atom stereocenters. The minimum absolute atomic E-state index is 0.0495. The van der Waals surface area contributed by atoms with Gasteiger partial charge in [0.2, 0.25) is 0 Å². The lowest BCUT2D eigenvalue weighted by Gasteiger charge is -2.21. The molecule has 176 valence electrons. The van der Waals surface area contributed by atoms with Crippen LogP contribution in [0.3, 0.4) is 0 Å². The summed E-state index contributed by atoms with van der Waals surface area (Å²) >= 11 is 0. The second kappa shape index (κ2) is 10.5. The van der Waals surface area contributed by atoms with Crippen molar-refractivity contribution in [1.29, 1.82) is 0 Å². The molecule has 0 heterocycles. The predicted octanol–water partition coefficient (Wildman–Crippen LogP) is 3.00. The zero-order valence-corrected chi connectivity index (χ0v) is 19.3. The SMILES string of the molecule is COC(=O)C(CNC(=O)OC(C)(C)C)NCC(=O)OCC1c2ccccc2-c2ccccc21.